The highest BCUT2D eigenvalue weighted by atomic mass is 35.5. The highest BCUT2D eigenvalue weighted by Crippen LogP contribution is 2.27. The van der Waals surface area contributed by atoms with E-state index < -0.39 is 0 Å². The smallest absolute Gasteiger partial charge is 0.336 e. The summed E-state index contributed by atoms with van der Waals surface area (Å²) in [6.07, 6.45) is 5.44. The number of halogens is 1. The van der Waals surface area contributed by atoms with Crippen LogP contribution in [-0.4, -0.2) is 49.7 Å². The van der Waals surface area contributed by atoms with Crippen LogP contribution >= 0.6 is 11.6 Å². The van der Waals surface area contributed by atoms with Crippen LogP contribution in [-0.2, 0) is 11.8 Å². The van der Waals surface area contributed by atoms with E-state index in [0.29, 0.717) is 29.6 Å². The molecule has 0 amide bonds. The molecule has 8 nitrogen and oxygen atoms in total. The van der Waals surface area contributed by atoms with E-state index in [1.165, 1.54) is 0 Å². The van der Waals surface area contributed by atoms with Crippen molar-refractivity contribution in [3.8, 4) is 28.5 Å². The molecule has 0 N–H and O–H groups in total. The molecule has 0 fully saturated rings. The zero-order chi connectivity index (χ0) is 18.8. The number of fused-ring (bicyclic) bond motifs is 1. The lowest BCUT2D eigenvalue weighted by Crippen LogP contribution is -2.05. The first kappa shape index (κ1) is 17.4. The van der Waals surface area contributed by atoms with E-state index in [4.69, 9.17) is 26.1 Å². The number of benzene rings is 1. The lowest BCUT2D eigenvalue weighted by molar-refractivity contribution is 0.141. The number of rotatable bonds is 6. The fraction of sp³-hybridized carbons (Fsp3) is 0.222. The zero-order valence-electron chi connectivity index (χ0n) is 14.8. The van der Waals surface area contributed by atoms with Gasteiger partial charge in [0.05, 0.1) is 24.7 Å². The normalized spacial score (nSPS) is 11.2. The molecule has 0 bridgehead atoms. The van der Waals surface area contributed by atoms with Crippen molar-refractivity contribution in [1.82, 2.24) is 29.4 Å². The third-order valence-corrected chi connectivity index (χ3v) is 4.19. The maximum Gasteiger partial charge on any atom is 0.336 e. The van der Waals surface area contributed by atoms with Crippen LogP contribution in [0.3, 0.4) is 0 Å². The Kier molecular flexibility index (Phi) is 4.74. The topological polar surface area (TPSA) is 79.4 Å². The van der Waals surface area contributed by atoms with Crippen LogP contribution < -0.4 is 4.74 Å². The Bertz CT molecular complexity index is 1070. The van der Waals surface area contributed by atoms with E-state index in [2.05, 4.69) is 15.2 Å². The minimum Gasteiger partial charge on any atom is -0.460 e. The number of aryl methyl sites for hydroxylation is 1. The summed E-state index contributed by atoms with van der Waals surface area (Å²) in [5.74, 6) is 0. The minimum atomic E-state index is 0.271. The number of nitrogens with zero attached hydrogens (tertiary/aromatic N) is 6. The van der Waals surface area contributed by atoms with Crippen LogP contribution in [0.25, 0.3) is 28.2 Å². The lowest BCUT2D eigenvalue weighted by atomic mass is 10.1. The van der Waals surface area contributed by atoms with Crippen molar-refractivity contribution in [1.29, 1.82) is 0 Å². The molecule has 0 aliphatic carbocycles. The molecule has 0 spiro atoms. The van der Waals surface area contributed by atoms with Crippen molar-refractivity contribution < 1.29 is 9.47 Å². The first-order chi connectivity index (χ1) is 13.1. The second-order valence-corrected chi connectivity index (χ2v) is 6.32. The highest BCUT2D eigenvalue weighted by Gasteiger charge is 2.16. The predicted octanol–water partition coefficient (Wildman–Crippen LogP) is 2.87. The third-order valence-electron chi connectivity index (χ3n) is 3.94. The maximum absolute atomic E-state index is 6.00. The van der Waals surface area contributed by atoms with Crippen molar-refractivity contribution in [2.24, 2.45) is 7.05 Å². The summed E-state index contributed by atoms with van der Waals surface area (Å²) in [6, 6.07) is 7.75. The number of hydrogen-bond acceptors (Lipinski definition) is 6. The zero-order valence-corrected chi connectivity index (χ0v) is 15.6. The summed E-state index contributed by atoms with van der Waals surface area (Å²) in [7, 11) is 3.47. The van der Waals surface area contributed by atoms with Gasteiger partial charge in [0, 0.05) is 36.5 Å². The van der Waals surface area contributed by atoms with Gasteiger partial charge in [-0.1, -0.05) is 23.7 Å². The summed E-state index contributed by atoms with van der Waals surface area (Å²) >= 11 is 6.00. The molecule has 0 radical (unpaired) electrons. The first-order valence-electron chi connectivity index (χ1n) is 8.28. The monoisotopic (exact) mass is 384 g/mol. The van der Waals surface area contributed by atoms with Crippen molar-refractivity contribution in [3.63, 3.8) is 0 Å². The Morgan fingerprint density at radius 3 is 2.56 bits per heavy atom. The second kappa shape index (κ2) is 7.34. The van der Waals surface area contributed by atoms with Gasteiger partial charge in [-0.15, -0.1) is 5.10 Å². The summed E-state index contributed by atoms with van der Waals surface area (Å²) in [4.78, 5) is 9.27. The summed E-state index contributed by atoms with van der Waals surface area (Å²) in [6.45, 7) is 0.826. The van der Waals surface area contributed by atoms with Gasteiger partial charge < -0.3 is 9.47 Å². The van der Waals surface area contributed by atoms with Gasteiger partial charge in [0.1, 0.15) is 12.3 Å². The molecule has 27 heavy (non-hydrogen) atoms. The average Bonchev–Trinajstić information content (AvgIpc) is 3.27. The standard InChI is InChI=1S/C18H17ClN6O2/c1-24-10-13(9-20-24)16-17-22-18(27-8-7-26-2)23-25(17)11-15(21-16)12-3-5-14(19)6-4-12/h3-6,9-11H,7-8H2,1-2H3. The number of aromatic nitrogens is 6. The van der Waals surface area contributed by atoms with Crippen LogP contribution in [0.5, 0.6) is 6.01 Å². The number of hydrogen-bond donors (Lipinski definition) is 0. The Hall–Kier alpha value is -2.97. The highest BCUT2D eigenvalue weighted by molar-refractivity contribution is 6.30. The van der Waals surface area contributed by atoms with Gasteiger partial charge in [0.15, 0.2) is 5.65 Å². The molecule has 138 valence electrons. The summed E-state index contributed by atoms with van der Waals surface area (Å²) in [5, 5.41) is 9.32. The van der Waals surface area contributed by atoms with Crippen molar-refractivity contribution >= 4 is 17.2 Å². The van der Waals surface area contributed by atoms with Gasteiger partial charge in [0.2, 0.25) is 0 Å². The Labute approximate surface area is 160 Å². The Balaban J connectivity index is 1.84. The van der Waals surface area contributed by atoms with E-state index in [0.717, 1.165) is 16.8 Å². The molecule has 4 rings (SSSR count). The molecule has 0 saturated heterocycles. The molecule has 3 aromatic heterocycles. The van der Waals surface area contributed by atoms with Crippen LogP contribution in [0.4, 0.5) is 0 Å². The molecular weight excluding hydrogens is 368 g/mol. The van der Waals surface area contributed by atoms with Crippen LogP contribution in [0.1, 0.15) is 0 Å². The van der Waals surface area contributed by atoms with Gasteiger partial charge in [-0.05, 0) is 12.1 Å². The Morgan fingerprint density at radius 2 is 1.85 bits per heavy atom. The fourth-order valence-corrected chi connectivity index (χ4v) is 2.77. The second-order valence-electron chi connectivity index (χ2n) is 5.89. The SMILES string of the molecule is COCCOc1nc2c(-c3cnn(C)c3)nc(-c3ccc(Cl)cc3)cn2n1. The largest absolute Gasteiger partial charge is 0.460 e. The van der Waals surface area contributed by atoms with Gasteiger partial charge in [-0.3, -0.25) is 4.68 Å². The van der Waals surface area contributed by atoms with Gasteiger partial charge in [-0.2, -0.15) is 10.1 Å². The Morgan fingerprint density at radius 1 is 1.04 bits per heavy atom. The van der Waals surface area contributed by atoms with Crippen LogP contribution in [0.2, 0.25) is 5.02 Å². The molecule has 4 aromatic rings. The van der Waals surface area contributed by atoms with Crippen LogP contribution in [0.15, 0.2) is 42.9 Å². The quantitative estimate of drug-likeness (QED) is 0.475. The van der Waals surface area contributed by atoms with E-state index in [9.17, 15) is 0 Å². The summed E-state index contributed by atoms with van der Waals surface area (Å²) < 4.78 is 13.9. The van der Waals surface area contributed by atoms with Crippen LogP contribution in [0, 0.1) is 0 Å². The van der Waals surface area contributed by atoms with Gasteiger partial charge in [0.25, 0.3) is 0 Å². The van der Waals surface area contributed by atoms with Gasteiger partial charge in [-0.25, -0.2) is 9.50 Å². The van der Waals surface area contributed by atoms with E-state index in [1.807, 2.05) is 43.7 Å². The fourth-order valence-electron chi connectivity index (χ4n) is 2.64. The molecule has 0 saturated carbocycles. The molecule has 0 aliphatic rings. The molecular formula is C18H17ClN6O2. The number of ether oxygens (including phenoxy) is 2. The van der Waals surface area contributed by atoms with Crippen molar-refractivity contribution in [2.75, 3.05) is 20.3 Å². The molecule has 0 atom stereocenters. The molecule has 9 heteroatoms. The summed E-state index contributed by atoms with van der Waals surface area (Å²) in [5.41, 5.74) is 3.77. The lowest BCUT2D eigenvalue weighted by Gasteiger charge is -2.05. The molecule has 3 heterocycles. The van der Waals surface area contributed by atoms with E-state index in [1.54, 1.807) is 22.5 Å². The third kappa shape index (κ3) is 3.62. The molecule has 0 aliphatic heterocycles. The van der Waals surface area contributed by atoms with E-state index in [-0.39, 0.29) is 6.01 Å². The maximum atomic E-state index is 6.00. The van der Waals surface area contributed by atoms with Crippen molar-refractivity contribution in [3.05, 3.63) is 47.9 Å². The average molecular weight is 385 g/mol. The van der Waals surface area contributed by atoms with Gasteiger partial charge >= 0.3 is 6.01 Å². The first-order valence-corrected chi connectivity index (χ1v) is 8.66. The van der Waals surface area contributed by atoms with Crippen molar-refractivity contribution in [2.45, 2.75) is 0 Å². The molecule has 1 aromatic carbocycles. The minimum absolute atomic E-state index is 0.271. The van der Waals surface area contributed by atoms with E-state index >= 15 is 0 Å². The molecule has 0 unspecified atom stereocenters. The predicted molar refractivity (Wildman–Crippen MR) is 101 cm³/mol. The number of methoxy groups -OCH3 is 1.